The highest BCUT2D eigenvalue weighted by atomic mass is 15.2. The Kier molecular flexibility index (Phi) is 3.84. The number of aromatic nitrogens is 1. The van der Waals surface area contributed by atoms with Crippen molar-refractivity contribution in [3.8, 4) is 0 Å². The van der Waals surface area contributed by atoms with E-state index in [9.17, 15) is 0 Å². The Labute approximate surface area is 103 Å². The molecule has 0 spiro atoms. The van der Waals surface area contributed by atoms with Crippen LogP contribution in [0.4, 0.5) is 11.5 Å². The summed E-state index contributed by atoms with van der Waals surface area (Å²) in [5.41, 5.74) is 6.92. The van der Waals surface area contributed by atoms with Gasteiger partial charge >= 0.3 is 0 Å². The minimum Gasteiger partial charge on any atom is -0.379 e. The highest BCUT2D eigenvalue weighted by Crippen LogP contribution is 2.30. The maximum Gasteiger partial charge on any atom is 0.151 e. The summed E-state index contributed by atoms with van der Waals surface area (Å²) < 4.78 is 0. The first-order valence-corrected chi connectivity index (χ1v) is 6.31. The van der Waals surface area contributed by atoms with Gasteiger partial charge in [0.15, 0.2) is 5.82 Å². The zero-order chi connectivity index (χ0) is 12.3. The van der Waals surface area contributed by atoms with Crippen molar-refractivity contribution in [2.24, 2.45) is 11.7 Å². The third kappa shape index (κ3) is 2.69. The van der Waals surface area contributed by atoms with E-state index in [0.717, 1.165) is 18.1 Å². The Bertz CT molecular complexity index is 364. The first-order chi connectivity index (χ1) is 8.22. The molecule has 0 radical (unpaired) electrons. The molecule has 1 heterocycles. The van der Waals surface area contributed by atoms with Gasteiger partial charge in [0.2, 0.25) is 0 Å². The summed E-state index contributed by atoms with van der Waals surface area (Å²) in [5, 5.41) is 3.61. The van der Waals surface area contributed by atoms with Crippen molar-refractivity contribution in [1.82, 2.24) is 4.98 Å². The van der Waals surface area contributed by atoms with Crippen molar-refractivity contribution in [2.45, 2.75) is 25.3 Å². The lowest BCUT2D eigenvalue weighted by Gasteiger charge is -2.24. The zero-order valence-electron chi connectivity index (χ0n) is 10.7. The Morgan fingerprint density at radius 1 is 1.47 bits per heavy atom. The fraction of sp³-hybridized carbons (Fsp3) is 0.615. The molecule has 4 heteroatoms. The van der Waals surface area contributed by atoms with Gasteiger partial charge in [-0.25, -0.2) is 4.98 Å². The zero-order valence-corrected chi connectivity index (χ0v) is 10.7. The molecule has 1 aromatic rings. The van der Waals surface area contributed by atoms with Gasteiger partial charge in [0.05, 0.1) is 5.69 Å². The number of pyridine rings is 1. The lowest BCUT2D eigenvalue weighted by Crippen LogP contribution is -2.30. The van der Waals surface area contributed by atoms with E-state index in [1.807, 2.05) is 31.3 Å². The van der Waals surface area contributed by atoms with Crippen LogP contribution in [0.15, 0.2) is 18.3 Å². The molecular weight excluding hydrogens is 212 g/mol. The molecule has 94 valence electrons. The van der Waals surface area contributed by atoms with Gasteiger partial charge in [0.1, 0.15) is 0 Å². The first kappa shape index (κ1) is 12.2. The van der Waals surface area contributed by atoms with E-state index in [-0.39, 0.29) is 0 Å². The molecule has 2 atom stereocenters. The van der Waals surface area contributed by atoms with Gasteiger partial charge < -0.3 is 16.0 Å². The summed E-state index contributed by atoms with van der Waals surface area (Å²) in [6, 6.07) is 4.57. The number of nitrogens with zero attached hydrogens (tertiary/aromatic N) is 2. The van der Waals surface area contributed by atoms with Gasteiger partial charge in [-0.2, -0.15) is 0 Å². The van der Waals surface area contributed by atoms with E-state index in [4.69, 9.17) is 5.73 Å². The molecule has 1 aliphatic carbocycles. The van der Waals surface area contributed by atoms with Gasteiger partial charge in [0.25, 0.3) is 0 Å². The van der Waals surface area contributed by atoms with Crippen molar-refractivity contribution >= 4 is 11.5 Å². The lowest BCUT2D eigenvalue weighted by atomic mass is 10.0. The molecule has 17 heavy (non-hydrogen) atoms. The molecule has 2 unspecified atom stereocenters. The molecule has 0 aromatic carbocycles. The van der Waals surface area contributed by atoms with Crippen LogP contribution in [-0.4, -0.2) is 31.7 Å². The molecule has 4 nitrogen and oxygen atoms in total. The second-order valence-electron chi connectivity index (χ2n) is 4.95. The average molecular weight is 234 g/mol. The largest absolute Gasteiger partial charge is 0.379 e. The average Bonchev–Trinajstić information content (AvgIpc) is 2.77. The maximum atomic E-state index is 5.81. The Balaban J connectivity index is 2.12. The second kappa shape index (κ2) is 5.36. The third-order valence-corrected chi connectivity index (χ3v) is 3.51. The van der Waals surface area contributed by atoms with E-state index >= 15 is 0 Å². The minimum absolute atomic E-state index is 0.503. The summed E-state index contributed by atoms with van der Waals surface area (Å²) in [4.78, 5) is 6.44. The molecule has 3 N–H and O–H groups in total. The summed E-state index contributed by atoms with van der Waals surface area (Å²) in [5.74, 6) is 1.60. The summed E-state index contributed by atoms with van der Waals surface area (Å²) >= 11 is 0. The van der Waals surface area contributed by atoms with E-state index in [2.05, 4.69) is 16.4 Å². The van der Waals surface area contributed by atoms with Gasteiger partial charge in [-0.3, -0.25) is 0 Å². The monoisotopic (exact) mass is 234 g/mol. The van der Waals surface area contributed by atoms with E-state index in [1.54, 1.807) is 0 Å². The number of anilines is 2. The number of hydrogen-bond donors (Lipinski definition) is 2. The Hall–Kier alpha value is -1.29. The number of nitrogens with one attached hydrogen (secondary N) is 1. The molecule has 1 aromatic heterocycles. The lowest BCUT2D eigenvalue weighted by molar-refractivity contribution is 0.516. The van der Waals surface area contributed by atoms with Crippen LogP contribution in [0.5, 0.6) is 0 Å². The summed E-state index contributed by atoms with van der Waals surface area (Å²) in [7, 11) is 4.03. The van der Waals surface area contributed by atoms with Crippen molar-refractivity contribution < 1.29 is 0 Å². The maximum absolute atomic E-state index is 5.81. The quantitative estimate of drug-likeness (QED) is 0.832. The van der Waals surface area contributed by atoms with Crippen LogP contribution in [0.25, 0.3) is 0 Å². The van der Waals surface area contributed by atoms with Crippen LogP contribution in [0.3, 0.4) is 0 Å². The van der Waals surface area contributed by atoms with Crippen molar-refractivity contribution in [3.63, 3.8) is 0 Å². The van der Waals surface area contributed by atoms with E-state index in [1.165, 1.54) is 19.3 Å². The van der Waals surface area contributed by atoms with Crippen molar-refractivity contribution in [3.05, 3.63) is 18.3 Å². The van der Waals surface area contributed by atoms with Gasteiger partial charge in [-0.15, -0.1) is 0 Å². The molecule has 0 saturated heterocycles. The van der Waals surface area contributed by atoms with Gasteiger partial charge in [0, 0.05) is 26.3 Å². The number of nitrogens with two attached hydrogens (primary N) is 1. The Morgan fingerprint density at radius 3 is 3.00 bits per heavy atom. The molecule has 0 amide bonds. The van der Waals surface area contributed by atoms with Crippen LogP contribution in [-0.2, 0) is 0 Å². The van der Waals surface area contributed by atoms with Crippen LogP contribution < -0.4 is 16.0 Å². The van der Waals surface area contributed by atoms with Crippen molar-refractivity contribution in [1.29, 1.82) is 0 Å². The Morgan fingerprint density at radius 2 is 2.29 bits per heavy atom. The van der Waals surface area contributed by atoms with Gasteiger partial charge in [-0.1, -0.05) is 6.42 Å². The fourth-order valence-corrected chi connectivity index (χ4v) is 2.57. The molecule has 1 saturated carbocycles. The van der Waals surface area contributed by atoms with E-state index < -0.39 is 0 Å². The predicted molar refractivity (Wildman–Crippen MR) is 72.4 cm³/mol. The van der Waals surface area contributed by atoms with Crippen LogP contribution >= 0.6 is 0 Å². The summed E-state index contributed by atoms with van der Waals surface area (Å²) in [6.07, 6.45) is 5.56. The van der Waals surface area contributed by atoms with E-state index in [0.29, 0.717) is 12.0 Å². The normalized spacial score (nSPS) is 23.7. The molecule has 1 aliphatic rings. The first-order valence-electron chi connectivity index (χ1n) is 6.31. The molecule has 1 fully saturated rings. The highest BCUT2D eigenvalue weighted by molar-refractivity contribution is 5.65. The highest BCUT2D eigenvalue weighted by Gasteiger charge is 2.26. The standard InChI is InChI=1S/C13H22N4/c1-17(2)13-12(7-4-8-15-13)16-11-6-3-5-10(11)9-14/h4,7-8,10-11,16H,3,5-6,9,14H2,1-2H3. The number of rotatable bonds is 4. The second-order valence-corrected chi connectivity index (χ2v) is 4.95. The predicted octanol–water partition coefficient (Wildman–Crippen LogP) is 1.69. The molecule has 0 bridgehead atoms. The van der Waals surface area contributed by atoms with Crippen LogP contribution in [0, 0.1) is 5.92 Å². The summed E-state index contributed by atoms with van der Waals surface area (Å²) in [6.45, 7) is 0.773. The number of hydrogen-bond acceptors (Lipinski definition) is 4. The smallest absolute Gasteiger partial charge is 0.151 e. The topological polar surface area (TPSA) is 54.2 Å². The van der Waals surface area contributed by atoms with Gasteiger partial charge in [-0.05, 0) is 37.4 Å². The molecule has 0 aliphatic heterocycles. The molecule has 2 rings (SSSR count). The van der Waals surface area contributed by atoms with Crippen LogP contribution in [0.1, 0.15) is 19.3 Å². The minimum atomic E-state index is 0.503. The fourth-order valence-electron chi connectivity index (χ4n) is 2.57. The molecular formula is C13H22N4. The van der Waals surface area contributed by atoms with Crippen molar-refractivity contribution in [2.75, 3.05) is 30.9 Å². The SMILES string of the molecule is CN(C)c1ncccc1NC1CCCC1CN. The third-order valence-electron chi connectivity index (χ3n) is 3.51. The van der Waals surface area contributed by atoms with Crippen LogP contribution in [0.2, 0.25) is 0 Å².